The summed E-state index contributed by atoms with van der Waals surface area (Å²) in [7, 11) is 0. The van der Waals surface area contributed by atoms with Crippen LogP contribution in [0.4, 0.5) is 0 Å². The van der Waals surface area contributed by atoms with E-state index in [1.807, 2.05) is 6.92 Å². The van der Waals surface area contributed by atoms with Crippen LogP contribution in [-0.2, 0) is 9.53 Å². The third-order valence-electron chi connectivity index (χ3n) is 1.15. The van der Waals surface area contributed by atoms with Gasteiger partial charge in [0.15, 0.2) is 5.90 Å². The van der Waals surface area contributed by atoms with E-state index in [-0.39, 0.29) is 12.4 Å². The van der Waals surface area contributed by atoms with E-state index in [0.717, 1.165) is 0 Å². The highest BCUT2D eigenvalue weighted by molar-refractivity contribution is 5.76. The molecular weight excluding hydrogens is 158 g/mol. The molecule has 0 spiro atoms. The maximum Gasteiger partial charge on any atom is 0.231 e. The lowest BCUT2D eigenvalue weighted by Gasteiger charge is -2.04. The Labute approximate surface area is 71.8 Å². The lowest BCUT2D eigenvalue weighted by molar-refractivity contribution is -0.117. The molecule has 0 aliphatic rings. The van der Waals surface area contributed by atoms with Gasteiger partial charge in [0.05, 0.1) is 13.2 Å². The molecule has 1 amide bonds. The largest absolute Gasteiger partial charge is 0.481 e. The Morgan fingerprint density at radius 3 is 2.83 bits per heavy atom. The number of ether oxygens (including phenoxy) is 1. The first-order valence-electron chi connectivity index (χ1n) is 3.86. The Bertz CT molecular complexity index is 159. The van der Waals surface area contributed by atoms with Crippen LogP contribution in [0.3, 0.4) is 0 Å². The van der Waals surface area contributed by atoms with Gasteiger partial charge in [-0.1, -0.05) is 0 Å². The second-order valence-corrected chi connectivity index (χ2v) is 2.25. The van der Waals surface area contributed by atoms with Crippen LogP contribution in [0.1, 0.15) is 13.3 Å². The SMILES string of the molecule is CCOC(=N)CCNCC(N)=O. The van der Waals surface area contributed by atoms with Crippen LogP contribution in [0.15, 0.2) is 0 Å². The monoisotopic (exact) mass is 173 g/mol. The number of primary amides is 1. The molecule has 0 saturated carbocycles. The van der Waals surface area contributed by atoms with Crippen molar-refractivity contribution in [2.45, 2.75) is 13.3 Å². The van der Waals surface area contributed by atoms with Crippen molar-refractivity contribution in [3.63, 3.8) is 0 Å². The minimum atomic E-state index is -0.391. The lowest BCUT2D eigenvalue weighted by atomic mass is 10.4. The topological polar surface area (TPSA) is 88.2 Å². The number of carbonyl (C=O) groups excluding carboxylic acids is 1. The Balaban J connectivity index is 3.19. The molecule has 0 radical (unpaired) electrons. The van der Waals surface area contributed by atoms with Gasteiger partial charge in [0.25, 0.3) is 0 Å². The van der Waals surface area contributed by atoms with E-state index in [1.54, 1.807) is 0 Å². The normalized spacial score (nSPS) is 9.42. The van der Waals surface area contributed by atoms with E-state index >= 15 is 0 Å². The predicted octanol–water partition coefficient (Wildman–Crippen LogP) is -0.535. The molecule has 4 N–H and O–H groups in total. The highest BCUT2D eigenvalue weighted by Crippen LogP contribution is 1.83. The van der Waals surface area contributed by atoms with Gasteiger partial charge in [0.1, 0.15) is 0 Å². The zero-order chi connectivity index (χ0) is 9.40. The van der Waals surface area contributed by atoms with E-state index in [2.05, 4.69) is 5.32 Å². The van der Waals surface area contributed by atoms with E-state index in [0.29, 0.717) is 19.6 Å². The van der Waals surface area contributed by atoms with Crippen LogP contribution in [0.25, 0.3) is 0 Å². The van der Waals surface area contributed by atoms with E-state index in [4.69, 9.17) is 15.9 Å². The lowest BCUT2D eigenvalue weighted by Crippen LogP contribution is -2.30. The van der Waals surface area contributed by atoms with Crippen LogP contribution in [0.5, 0.6) is 0 Å². The van der Waals surface area contributed by atoms with E-state index in [9.17, 15) is 4.79 Å². The van der Waals surface area contributed by atoms with Gasteiger partial charge < -0.3 is 15.8 Å². The summed E-state index contributed by atoms with van der Waals surface area (Å²) >= 11 is 0. The Morgan fingerprint density at radius 2 is 2.33 bits per heavy atom. The van der Waals surface area contributed by atoms with E-state index in [1.165, 1.54) is 0 Å². The standard InChI is InChI=1S/C7H15N3O2/c1-2-12-7(9)3-4-10-5-6(8)11/h9-10H,2-5H2,1H3,(H2,8,11). The van der Waals surface area contributed by atoms with Gasteiger partial charge in [-0.05, 0) is 6.92 Å². The van der Waals surface area contributed by atoms with Gasteiger partial charge in [-0.2, -0.15) is 0 Å². The third kappa shape index (κ3) is 7.01. The Kier molecular flexibility index (Phi) is 6.00. The van der Waals surface area contributed by atoms with Crippen molar-refractivity contribution in [2.24, 2.45) is 5.73 Å². The molecule has 0 aromatic heterocycles. The minimum absolute atomic E-state index is 0.152. The average molecular weight is 173 g/mol. The highest BCUT2D eigenvalue weighted by Gasteiger charge is 1.96. The number of rotatable bonds is 6. The van der Waals surface area contributed by atoms with Gasteiger partial charge >= 0.3 is 0 Å². The molecule has 0 aromatic rings. The molecule has 5 heteroatoms. The molecule has 0 unspecified atom stereocenters. The summed E-state index contributed by atoms with van der Waals surface area (Å²) in [5.41, 5.74) is 4.88. The molecule has 0 fully saturated rings. The number of hydrogen-bond donors (Lipinski definition) is 3. The molecule has 0 aliphatic heterocycles. The maximum atomic E-state index is 10.2. The number of hydrogen-bond acceptors (Lipinski definition) is 4. The smallest absolute Gasteiger partial charge is 0.231 e. The van der Waals surface area contributed by atoms with Crippen LogP contribution in [0.2, 0.25) is 0 Å². The van der Waals surface area contributed by atoms with Crippen molar-refractivity contribution in [1.82, 2.24) is 5.32 Å². The zero-order valence-electron chi connectivity index (χ0n) is 7.22. The summed E-state index contributed by atoms with van der Waals surface area (Å²) in [5, 5.41) is 9.97. The molecule has 0 atom stereocenters. The maximum absolute atomic E-state index is 10.2. The second-order valence-electron chi connectivity index (χ2n) is 2.25. The number of carbonyl (C=O) groups is 1. The molecule has 0 aliphatic carbocycles. The summed E-state index contributed by atoms with van der Waals surface area (Å²) in [6.45, 7) is 3.03. The van der Waals surface area contributed by atoms with Gasteiger partial charge in [0, 0.05) is 13.0 Å². The van der Waals surface area contributed by atoms with Crippen molar-refractivity contribution in [3.8, 4) is 0 Å². The number of nitrogens with two attached hydrogens (primary N) is 1. The summed E-state index contributed by atoms with van der Waals surface area (Å²) in [5.74, 6) is -0.160. The average Bonchev–Trinajstić information content (AvgIpc) is 1.98. The summed E-state index contributed by atoms with van der Waals surface area (Å²) in [6, 6.07) is 0. The molecule has 0 bridgehead atoms. The minimum Gasteiger partial charge on any atom is -0.481 e. The Hall–Kier alpha value is -1.10. The molecule has 0 aromatic carbocycles. The number of amides is 1. The van der Waals surface area contributed by atoms with Crippen molar-refractivity contribution in [3.05, 3.63) is 0 Å². The number of nitrogens with one attached hydrogen (secondary N) is 2. The molecular formula is C7H15N3O2. The fourth-order valence-corrected chi connectivity index (χ4v) is 0.660. The van der Waals surface area contributed by atoms with Crippen molar-refractivity contribution < 1.29 is 9.53 Å². The van der Waals surface area contributed by atoms with Crippen LogP contribution in [0, 0.1) is 5.41 Å². The molecule has 5 nitrogen and oxygen atoms in total. The third-order valence-corrected chi connectivity index (χ3v) is 1.15. The zero-order valence-corrected chi connectivity index (χ0v) is 7.22. The van der Waals surface area contributed by atoms with Gasteiger partial charge in [-0.3, -0.25) is 10.2 Å². The van der Waals surface area contributed by atoms with Gasteiger partial charge in [0.2, 0.25) is 5.91 Å². The van der Waals surface area contributed by atoms with Crippen LogP contribution in [-0.4, -0.2) is 31.5 Å². The van der Waals surface area contributed by atoms with Gasteiger partial charge in [-0.25, -0.2) is 0 Å². The molecule has 0 rings (SSSR count). The fourth-order valence-electron chi connectivity index (χ4n) is 0.660. The molecule has 0 saturated heterocycles. The molecule has 70 valence electrons. The summed E-state index contributed by atoms with van der Waals surface area (Å²) in [6.07, 6.45) is 0.487. The first kappa shape index (κ1) is 10.9. The predicted molar refractivity (Wildman–Crippen MR) is 46.0 cm³/mol. The van der Waals surface area contributed by atoms with Crippen LogP contribution < -0.4 is 11.1 Å². The molecule has 0 heterocycles. The van der Waals surface area contributed by atoms with Gasteiger partial charge in [-0.15, -0.1) is 0 Å². The first-order chi connectivity index (χ1) is 5.66. The summed E-state index contributed by atoms with van der Waals surface area (Å²) < 4.78 is 4.88. The fraction of sp³-hybridized carbons (Fsp3) is 0.714. The first-order valence-corrected chi connectivity index (χ1v) is 3.86. The highest BCUT2D eigenvalue weighted by atomic mass is 16.5. The molecule has 12 heavy (non-hydrogen) atoms. The van der Waals surface area contributed by atoms with Crippen LogP contribution >= 0.6 is 0 Å². The van der Waals surface area contributed by atoms with E-state index < -0.39 is 5.91 Å². The van der Waals surface area contributed by atoms with Crippen molar-refractivity contribution in [1.29, 1.82) is 5.41 Å². The van der Waals surface area contributed by atoms with Crippen molar-refractivity contribution >= 4 is 11.8 Å². The van der Waals surface area contributed by atoms with Crippen molar-refractivity contribution in [2.75, 3.05) is 19.7 Å². The second kappa shape index (κ2) is 6.60. The summed E-state index contributed by atoms with van der Waals surface area (Å²) in [4.78, 5) is 10.2. The Morgan fingerprint density at radius 1 is 1.67 bits per heavy atom. The quantitative estimate of drug-likeness (QED) is 0.286.